The van der Waals surface area contributed by atoms with Crippen LogP contribution in [0.4, 0.5) is 10.5 Å². The molecule has 1 aliphatic heterocycles. The van der Waals surface area contributed by atoms with E-state index in [1.54, 1.807) is 17.0 Å². The molecule has 1 saturated heterocycles. The predicted octanol–water partition coefficient (Wildman–Crippen LogP) is 3.19. The number of hydrogen-bond acceptors (Lipinski definition) is 6. The summed E-state index contributed by atoms with van der Waals surface area (Å²) in [6.45, 7) is 7.39. The monoisotopic (exact) mass is 424 g/mol. The molecule has 1 unspecified atom stereocenters. The standard InChI is InChI=1S/C20H32N2O6Si/c1-26-17-11-15(19(24)22-8-6-7-14(22)13-23)16(12-18(17)27-2)21-20(25)28-9-10-29(3,4)5/h11-12,14,23H,6-10,13H2,1-5H3,(H,21,25). The third kappa shape index (κ3) is 6.11. The van der Waals surface area contributed by atoms with Crippen LogP contribution in [-0.4, -0.2) is 70.1 Å². The summed E-state index contributed by atoms with van der Waals surface area (Å²) in [4.78, 5) is 27.1. The van der Waals surface area contributed by atoms with Crippen LogP contribution in [0, 0.1) is 0 Å². The number of rotatable bonds is 8. The maximum Gasteiger partial charge on any atom is 0.411 e. The highest BCUT2D eigenvalue weighted by Gasteiger charge is 2.31. The average Bonchev–Trinajstić information content (AvgIpc) is 3.14. The Morgan fingerprint density at radius 2 is 1.86 bits per heavy atom. The third-order valence-corrected chi connectivity index (χ3v) is 6.63. The maximum atomic E-state index is 13.2. The highest BCUT2D eigenvalue weighted by molar-refractivity contribution is 6.76. The molecule has 2 amide bonds. The second kappa shape index (κ2) is 9.97. The van der Waals surface area contributed by atoms with Gasteiger partial charge in [0.15, 0.2) is 11.5 Å². The molecular formula is C20H32N2O6Si. The van der Waals surface area contributed by atoms with Gasteiger partial charge in [0.1, 0.15) is 0 Å². The highest BCUT2D eigenvalue weighted by atomic mass is 28.3. The summed E-state index contributed by atoms with van der Waals surface area (Å²) in [5.74, 6) is 0.495. The van der Waals surface area contributed by atoms with Gasteiger partial charge in [0.05, 0.1) is 44.7 Å². The fourth-order valence-corrected chi connectivity index (χ4v) is 3.92. The van der Waals surface area contributed by atoms with Crippen molar-refractivity contribution in [3.05, 3.63) is 17.7 Å². The third-order valence-electron chi connectivity index (χ3n) is 4.92. The minimum absolute atomic E-state index is 0.0967. The van der Waals surface area contributed by atoms with Crippen molar-refractivity contribution in [3.8, 4) is 11.5 Å². The van der Waals surface area contributed by atoms with E-state index in [-0.39, 0.29) is 29.8 Å². The van der Waals surface area contributed by atoms with Crippen LogP contribution in [0.3, 0.4) is 0 Å². The van der Waals surface area contributed by atoms with Crippen LogP contribution >= 0.6 is 0 Å². The van der Waals surface area contributed by atoms with E-state index < -0.39 is 14.2 Å². The maximum absolute atomic E-state index is 13.2. The number of amides is 2. The molecule has 1 fully saturated rings. The molecule has 0 bridgehead atoms. The number of nitrogens with zero attached hydrogens (tertiary/aromatic N) is 1. The van der Waals surface area contributed by atoms with Gasteiger partial charge in [-0.2, -0.15) is 0 Å². The van der Waals surface area contributed by atoms with E-state index in [4.69, 9.17) is 14.2 Å². The molecule has 1 atom stereocenters. The fraction of sp³-hybridized carbons (Fsp3) is 0.600. The number of nitrogens with one attached hydrogen (secondary N) is 1. The molecule has 2 N–H and O–H groups in total. The Labute approximate surface area is 173 Å². The molecule has 9 heteroatoms. The Kier molecular flexibility index (Phi) is 7.92. The minimum Gasteiger partial charge on any atom is -0.493 e. The SMILES string of the molecule is COc1cc(NC(=O)OCC[Si](C)(C)C)c(C(=O)N2CCCC2CO)cc1OC. The van der Waals surface area contributed by atoms with Gasteiger partial charge in [-0.15, -0.1) is 0 Å². The molecule has 1 aromatic carbocycles. The Morgan fingerprint density at radius 1 is 1.21 bits per heavy atom. The molecule has 1 aliphatic rings. The van der Waals surface area contributed by atoms with Crippen molar-refractivity contribution in [2.75, 3.05) is 39.3 Å². The van der Waals surface area contributed by atoms with E-state index >= 15 is 0 Å². The van der Waals surface area contributed by atoms with Crippen LogP contribution in [0.25, 0.3) is 0 Å². The van der Waals surface area contributed by atoms with Crippen LogP contribution in [0.5, 0.6) is 11.5 Å². The van der Waals surface area contributed by atoms with Crippen molar-refractivity contribution in [3.63, 3.8) is 0 Å². The lowest BCUT2D eigenvalue weighted by Crippen LogP contribution is -2.38. The van der Waals surface area contributed by atoms with Crippen molar-refractivity contribution in [2.24, 2.45) is 0 Å². The van der Waals surface area contributed by atoms with Crippen molar-refractivity contribution in [1.29, 1.82) is 0 Å². The topological polar surface area (TPSA) is 97.3 Å². The number of aliphatic hydroxyl groups excluding tert-OH is 1. The molecular weight excluding hydrogens is 392 g/mol. The first kappa shape index (κ1) is 23.0. The molecule has 0 saturated carbocycles. The van der Waals surface area contributed by atoms with Gasteiger partial charge in [-0.05, 0) is 25.0 Å². The fourth-order valence-electron chi connectivity index (χ4n) is 3.20. The average molecular weight is 425 g/mol. The number of carbonyl (C=O) groups is 2. The number of hydrogen-bond donors (Lipinski definition) is 2. The van der Waals surface area contributed by atoms with Crippen LogP contribution in [0.15, 0.2) is 12.1 Å². The van der Waals surface area contributed by atoms with E-state index in [0.29, 0.717) is 24.7 Å². The Bertz CT molecular complexity index is 734. The summed E-state index contributed by atoms with van der Waals surface area (Å²) < 4.78 is 15.9. The summed E-state index contributed by atoms with van der Waals surface area (Å²) in [6, 6.07) is 3.72. The zero-order valence-electron chi connectivity index (χ0n) is 17.9. The zero-order chi connectivity index (χ0) is 21.6. The first-order valence-electron chi connectivity index (χ1n) is 9.81. The van der Waals surface area contributed by atoms with Gasteiger partial charge in [0.25, 0.3) is 5.91 Å². The summed E-state index contributed by atoms with van der Waals surface area (Å²) >= 11 is 0. The molecule has 0 spiro atoms. The molecule has 1 aromatic rings. The van der Waals surface area contributed by atoms with E-state index in [0.717, 1.165) is 18.9 Å². The quantitative estimate of drug-likeness (QED) is 0.622. The van der Waals surface area contributed by atoms with Crippen LogP contribution in [0.1, 0.15) is 23.2 Å². The van der Waals surface area contributed by atoms with E-state index in [9.17, 15) is 14.7 Å². The van der Waals surface area contributed by atoms with Gasteiger partial charge in [-0.1, -0.05) is 19.6 Å². The number of carbonyl (C=O) groups excluding carboxylic acids is 2. The molecule has 2 rings (SSSR count). The molecule has 162 valence electrons. The molecule has 1 heterocycles. The summed E-state index contributed by atoms with van der Waals surface area (Å²) in [5.41, 5.74) is 0.555. The first-order valence-corrected chi connectivity index (χ1v) is 13.5. The first-order chi connectivity index (χ1) is 13.7. The smallest absolute Gasteiger partial charge is 0.411 e. The molecule has 0 aliphatic carbocycles. The number of methoxy groups -OCH3 is 2. The van der Waals surface area contributed by atoms with Gasteiger partial charge in [-0.25, -0.2) is 4.79 Å². The van der Waals surface area contributed by atoms with Gasteiger partial charge in [0.2, 0.25) is 0 Å². The predicted molar refractivity (Wildman–Crippen MR) is 114 cm³/mol. The van der Waals surface area contributed by atoms with Crippen molar-refractivity contribution < 1.29 is 28.9 Å². The molecule has 8 nitrogen and oxygen atoms in total. The van der Waals surface area contributed by atoms with Gasteiger partial charge >= 0.3 is 6.09 Å². The van der Waals surface area contributed by atoms with Crippen molar-refractivity contribution in [2.45, 2.75) is 44.6 Å². The van der Waals surface area contributed by atoms with Gasteiger partial charge in [0, 0.05) is 20.7 Å². The van der Waals surface area contributed by atoms with Crippen LogP contribution in [0.2, 0.25) is 25.7 Å². The number of likely N-dealkylation sites (tertiary alicyclic amines) is 1. The van der Waals surface area contributed by atoms with Gasteiger partial charge < -0.3 is 24.2 Å². The van der Waals surface area contributed by atoms with Crippen LogP contribution < -0.4 is 14.8 Å². The Morgan fingerprint density at radius 3 is 2.45 bits per heavy atom. The van der Waals surface area contributed by atoms with Crippen LogP contribution in [-0.2, 0) is 4.74 Å². The zero-order valence-corrected chi connectivity index (χ0v) is 18.9. The minimum atomic E-state index is -1.33. The summed E-state index contributed by atoms with van der Waals surface area (Å²) in [7, 11) is 1.64. The lowest BCUT2D eigenvalue weighted by atomic mass is 10.1. The second-order valence-corrected chi connectivity index (χ2v) is 13.9. The van der Waals surface area contributed by atoms with Gasteiger partial charge in [-0.3, -0.25) is 10.1 Å². The normalized spacial score (nSPS) is 16.5. The lowest BCUT2D eigenvalue weighted by Gasteiger charge is -2.25. The largest absolute Gasteiger partial charge is 0.493 e. The molecule has 29 heavy (non-hydrogen) atoms. The molecule has 0 radical (unpaired) electrons. The van der Waals surface area contributed by atoms with Crippen molar-refractivity contribution in [1.82, 2.24) is 4.90 Å². The Balaban J connectivity index is 2.27. The Hall–Kier alpha value is -2.26. The molecule has 0 aromatic heterocycles. The second-order valence-electron chi connectivity index (χ2n) is 8.30. The highest BCUT2D eigenvalue weighted by Crippen LogP contribution is 2.35. The summed E-state index contributed by atoms with van der Waals surface area (Å²) in [5, 5.41) is 12.2. The summed E-state index contributed by atoms with van der Waals surface area (Å²) in [6.07, 6.45) is 0.952. The number of ether oxygens (including phenoxy) is 3. The lowest BCUT2D eigenvalue weighted by molar-refractivity contribution is 0.0678. The number of anilines is 1. The number of benzene rings is 1. The van der Waals surface area contributed by atoms with E-state index in [2.05, 4.69) is 25.0 Å². The van der Waals surface area contributed by atoms with E-state index in [1.165, 1.54) is 14.2 Å². The van der Waals surface area contributed by atoms with Crippen molar-refractivity contribution >= 4 is 25.8 Å². The number of aliphatic hydroxyl groups is 1. The van der Waals surface area contributed by atoms with E-state index in [1.807, 2.05) is 0 Å².